The summed E-state index contributed by atoms with van der Waals surface area (Å²) in [4.78, 5) is 17.5. The Bertz CT molecular complexity index is 1290. The number of carbonyl (C=O) groups is 1. The quantitative estimate of drug-likeness (QED) is 0.564. The lowest BCUT2D eigenvalue weighted by molar-refractivity contribution is 0.0628. The minimum absolute atomic E-state index is 0.119. The monoisotopic (exact) mass is 475 g/mol. The van der Waals surface area contributed by atoms with Crippen molar-refractivity contribution in [3.8, 4) is 0 Å². The Morgan fingerprint density at radius 2 is 1.59 bits per heavy atom. The summed E-state index contributed by atoms with van der Waals surface area (Å²) in [5, 5.41) is 0. The second kappa shape index (κ2) is 9.24. The molecule has 0 radical (unpaired) electrons. The Morgan fingerprint density at radius 1 is 0.882 bits per heavy atom. The highest BCUT2D eigenvalue weighted by atomic mass is 32.2. The van der Waals surface area contributed by atoms with Crippen molar-refractivity contribution in [1.29, 1.82) is 0 Å². The Balaban J connectivity index is 1.30. The summed E-state index contributed by atoms with van der Waals surface area (Å²) in [6.07, 6.45) is 0.682. The van der Waals surface area contributed by atoms with Crippen LogP contribution >= 0.6 is 0 Å². The SMILES string of the molecule is CC1Cc2ccccc2N1S(=O)(=O)c1cccc(C(=O)N2CCN(Cc3ccccc3)CC2)c1. The zero-order valence-corrected chi connectivity index (χ0v) is 20.1. The predicted octanol–water partition coefficient (Wildman–Crippen LogP) is 3.78. The molecule has 2 aliphatic heterocycles. The molecule has 7 heteroatoms. The first-order valence-electron chi connectivity index (χ1n) is 11.7. The Kier molecular flexibility index (Phi) is 6.15. The summed E-state index contributed by atoms with van der Waals surface area (Å²) in [6, 6.07) is 24.2. The molecule has 0 saturated carbocycles. The lowest BCUT2D eigenvalue weighted by Crippen LogP contribution is -2.48. The van der Waals surface area contributed by atoms with Crippen molar-refractivity contribution in [3.63, 3.8) is 0 Å². The molecule has 1 fully saturated rings. The molecule has 1 saturated heterocycles. The smallest absolute Gasteiger partial charge is 0.264 e. The van der Waals surface area contributed by atoms with Gasteiger partial charge in [0.05, 0.1) is 10.6 Å². The first-order chi connectivity index (χ1) is 16.4. The van der Waals surface area contributed by atoms with Gasteiger partial charge in [0, 0.05) is 44.3 Å². The van der Waals surface area contributed by atoms with Crippen molar-refractivity contribution in [2.24, 2.45) is 0 Å². The molecule has 0 aliphatic carbocycles. The predicted molar refractivity (Wildman–Crippen MR) is 133 cm³/mol. The zero-order valence-electron chi connectivity index (χ0n) is 19.3. The first kappa shape index (κ1) is 22.6. The van der Waals surface area contributed by atoms with Crippen LogP contribution in [0.4, 0.5) is 5.69 Å². The van der Waals surface area contributed by atoms with Crippen LogP contribution in [0.1, 0.15) is 28.4 Å². The second-order valence-corrected chi connectivity index (χ2v) is 10.9. The van der Waals surface area contributed by atoms with E-state index in [1.807, 2.05) is 54.3 Å². The molecular weight excluding hydrogens is 446 g/mol. The van der Waals surface area contributed by atoms with Gasteiger partial charge in [-0.15, -0.1) is 0 Å². The topological polar surface area (TPSA) is 60.9 Å². The number of rotatable bonds is 5. The first-order valence-corrected chi connectivity index (χ1v) is 13.2. The number of hydrogen-bond donors (Lipinski definition) is 0. The van der Waals surface area contributed by atoms with Gasteiger partial charge in [-0.05, 0) is 48.7 Å². The third-order valence-corrected chi connectivity index (χ3v) is 8.62. The molecule has 0 N–H and O–H groups in total. The molecule has 2 heterocycles. The van der Waals surface area contributed by atoms with E-state index in [0.717, 1.165) is 30.9 Å². The van der Waals surface area contributed by atoms with Gasteiger partial charge in [-0.2, -0.15) is 0 Å². The fraction of sp³-hybridized carbons (Fsp3) is 0.296. The molecule has 0 aromatic heterocycles. The van der Waals surface area contributed by atoms with Crippen LogP contribution in [-0.2, 0) is 23.0 Å². The van der Waals surface area contributed by atoms with E-state index in [-0.39, 0.29) is 16.8 Å². The molecule has 1 atom stereocenters. The highest BCUT2D eigenvalue weighted by Gasteiger charge is 2.36. The van der Waals surface area contributed by atoms with Crippen molar-refractivity contribution in [1.82, 2.24) is 9.80 Å². The molecule has 3 aromatic rings. The maximum absolute atomic E-state index is 13.6. The van der Waals surface area contributed by atoms with E-state index >= 15 is 0 Å². The standard InChI is InChI=1S/C27H29N3O3S/c1-21-18-23-10-5-6-13-26(23)30(21)34(32,33)25-12-7-11-24(19-25)27(31)29-16-14-28(15-17-29)20-22-8-3-2-4-9-22/h2-13,19,21H,14-18,20H2,1H3. The van der Waals surface area contributed by atoms with Gasteiger partial charge in [0.2, 0.25) is 0 Å². The molecule has 3 aromatic carbocycles. The summed E-state index contributed by atoms with van der Waals surface area (Å²) in [6.45, 7) is 5.62. The maximum atomic E-state index is 13.6. The molecule has 2 aliphatic rings. The van der Waals surface area contributed by atoms with Crippen LogP contribution in [0.3, 0.4) is 0 Å². The summed E-state index contributed by atoms with van der Waals surface area (Å²) in [7, 11) is -3.78. The number of carbonyl (C=O) groups excluding carboxylic acids is 1. The van der Waals surface area contributed by atoms with Crippen LogP contribution in [0.2, 0.25) is 0 Å². The Hall–Kier alpha value is -3.16. The minimum Gasteiger partial charge on any atom is -0.336 e. The van der Waals surface area contributed by atoms with Crippen molar-refractivity contribution in [2.45, 2.75) is 30.8 Å². The molecule has 6 nitrogen and oxygen atoms in total. The highest BCUT2D eigenvalue weighted by Crippen LogP contribution is 2.36. The largest absolute Gasteiger partial charge is 0.336 e. The number of benzene rings is 3. The number of hydrogen-bond acceptors (Lipinski definition) is 4. The molecular formula is C27H29N3O3S. The number of fused-ring (bicyclic) bond motifs is 1. The van der Waals surface area contributed by atoms with Gasteiger partial charge >= 0.3 is 0 Å². The van der Waals surface area contributed by atoms with Crippen molar-refractivity contribution in [2.75, 3.05) is 30.5 Å². The third-order valence-electron chi connectivity index (χ3n) is 6.69. The van der Waals surface area contributed by atoms with E-state index in [2.05, 4.69) is 17.0 Å². The number of sulfonamides is 1. The van der Waals surface area contributed by atoms with Gasteiger partial charge < -0.3 is 4.90 Å². The fourth-order valence-corrected chi connectivity index (χ4v) is 6.68. The average molecular weight is 476 g/mol. The molecule has 1 unspecified atom stereocenters. The van der Waals surface area contributed by atoms with E-state index < -0.39 is 10.0 Å². The Labute approximate surface area is 201 Å². The van der Waals surface area contributed by atoms with Gasteiger partial charge in [-0.1, -0.05) is 54.6 Å². The van der Waals surface area contributed by atoms with E-state index in [9.17, 15) is 13.2 Å². The summed E-state index contributed by atoms with van der Waals surface area (Å²) >= 11 is 0. The molecule has 176 valence electrons. The van der Waals surface area contributed by atoms with E-state index in [4.69, 9.17) is 0 Å². The van der Waals surface area contributed by atoms with Crippen molar-refractivity contribution in [3.05, 3.63) is 95.6 Å². The van der Waals surface area contributed by atoms with E-state index in [0.29, 0.717) is 25.1 Å². The number of anilines is 1. The van der Waals surface area contributed by atoms with Crippen LogP contribution in [-0.4, -0.2) is 56.3 Å². The maximum Gasteiger partial charge on any atom is 0.264 e. The van der Waals surface area contributed by atoms with Crippen molar-refractivity contribution >= 4 is 21.6 Å². The summed E-state index contributed by atoms with van der Waals surface area (Å²) < 4.78 is 28.6. The van der Waals surface area contributed by atoms with Gasteiger partial charge in [0.1, 0.15) is 0 Å². The van der Waals surface area contributed by atoms with Gasteiger partial charge in [0.25, 0.3) is 15.9 Å². The van der Waals surface area contributed by atoms with Crippen LogP contribution in [0.15, 0.2) is 83.8 Å². The molecule has 0 bridgehead atoms. The van der Waals surface area contributed by atoms with Crippen LogP contribution in [0.5, 0.6) is 0 Å². The molecule has 5 rings (SSSR count). The number of amides is 1. The molecule has 0 spiro atoms. The second-order valence-electron chi connectivity index (χ2n) is 9.06. The highest BCUT2D eigenvalue weighted by molar-refractivity contribution is 7.92. The fourth-order valence-electron chi connectivity index (χ4n) is 4.94. The van der Waals surface area contributed by atoms with Crippen LogP contribution in [0, 0.1) is 0 Å². The average Bonchev–Trinajstić information content (AvgIpc) is 3.21. The van der Waals surface area contributed by atoms with E-state index in [1.54, 1.807) is 18.2 Å². The Morgan fingerprint density at radius 3 is 2.35 bits per heavy atom. The van der Waals surface area contributed by atoms with Crippen LogP contribution < -0.4 is 4.31 Å². The number of para-hydroxylation sites is 1. The lowest BCUT2D eigenvalue weighted by Gasteiger charge is -2.35. The van der Waals surface area contributed by atoms with Gasteiger partial charge in [-0.3, -0.25) is 14.0 Å². The van der Waals surface area contributed by atoms with Gasteiger partial charge in [0.15, 0.2) is 0 Å². The normalized spacial score (nSPS) is 18.7. The molecule has 34 heavy (non-hydrogen) atoms. The zero-order chi connectivity index (χ0) is 23.7. The van der Waals surface area contributed by atoms with Crippen LogP contribution in [0.25, 0.3) is 0 Å². The summed E-state index contributed by atoms with van der Waals surface area (Å²) in [5.41, 5.74) is 3.43. The minimum atomic E-state index is -3.78. The van der Waals surface area contributed by atoms with E-state index in [1.165, 1.54) is 15.9 Å². The number of nitrogens with zero attached hydrogens (tertiary/aromatic N) is 3. The molecule has 1 amide bonds. The van der Waals surface area contributed by atoms with Gasteiger partial charge in [-0.25, -0.2) is 8.42 Å². The summed E-state index contributed by atoms with van der Waals surface area (Å²) in [5.74, 6) is -0.119. The number of piperazine rings is 1. The third kappa shape index (κ3) is 4.33. The van der Waals surface area contributed by atoms with Crippen molar-refractivity contribution < 1.29 is 13.2 Å². The lowest BCUT2D eigenvalue weighted by atomic mass is 10.1.